The van der Waals surface area contributed by atoms with Crippen molar-refractivity contribution in [2.75, 3.05) is 37.6 Å². The van der Waals surface area contributed by atoms with E-state index in [0.717, 1.165) is 62.4 Å². The van der Waals surface area contributed by atoms with Gasteiger partial charge in [0, 0.05) is 74.8 Å². The van der Waals surface area contributed by atoms with Gasteiger partial charge < -0.3 is 15.0 Å². The maximum absolute atomic E-state index is 9.45. The van der Waals surface area contributed by atoms with Crippen LogP contribution < -0.4 is 10.2 Å². The highest BCUT2D eigenvalue weighted by atomic mass is 16.5. The van der Waals surface area contributed by atoms with E-state index < -0.39 is 0 Å². The highest BCUT2D eigenvalue weighted by Crippen LogP contribution is 2.31. The molecular formula is C24H27N7O. The Labute approximate surface area is 187 Å². The maximum atomic E-state index is 9.45. The Balaban J connectivity index is 1.14. The van der Waals surface area contributed by atoms with Crippen LogP contribution in [0.1, 0.15) is 29.8 Å². The number of fused-ring (bicyclic) bond motifs is 2. The first-order valence-corrected chi connectivity index (χ1v) is 11.4. The lowest BCUT2D eigenvalue weighted by molar-refractivity contribution is -0.0489. The van der Waals surface area contributed by atoms with Crippen molar-refractivity contribution in [3.05, 3.63) is 53.5 Å². The van der Waals surface area contributed by atoms with Gasteiger partial charge in [-0.25, -0.2) is 0 Å². The van der Waals surface area contributed by atoms with Gasteiger partial charge in [0.2, 0.25) is 0 Å². The summed E-state index contributed by atoms with van der Waals surface area (Å²) >= 11 is 0. The third-order valence-electron chi connectivity index (χ3n) is 6.81. The van der Waals surface area contributed by atoms with Gasteiger partial charge in [-0.15, -0.1) is 0 Å². The first-order valence-electron chi connectivity index (χ1n) is 11.4. The van der Waals surface area contributed by atoms with E-state index in [1.807, 2.05) is 12.1 Å². The van der Waals surface area contributed by atoms with Crippen molar-refractivity contribution in [1.82, 2.24) is 25.0 Å². The largest absolute Gasteiger partial charge is 0.370 e. The van der Waals surface area contributed by atoms with Gasteiger partial charge in [-0.05, 0) is 31.2 Å². The molecule has 0 unspecified atom stereocenters. The fraction of sp³-hybridized carbons (Fsp3) is 0.458. The maximum Gasteiger partial charge on any atom is 0.101 e. The molecule has 0 saturated carbocycles. The van der Waals surface area contributed by atoms with Gasteiger partial charge in [-0.2, -0.15) is 10.4 Å². The second-order valence-corrected chi connectivity index (χ2v) is 9.17. The number of pyridine rings is 1. The highest BCUT2D eigenvalue weighted by molar-refractivity contribution is 5.95. The lowest BCUT2D eigenvalue weighted by atomic mass is 10.0. The van der Waals surface area contributed by atoms with E-state index in [9.17, 15) is 5.26 Å². The van der Waals surface area contributed by atoms with Gasteiger partial charge in [0.15, 0.2) is 0 Å². The number of morpholine rings is 1. The quantitative estimate of drug-likeness (QED) is 0.680. The van der Waals surface area contributed by atoms with E-state index in [0.29, 0.717) is 11.6 Å². The Morgan fingerprint density at radius 2 is 2.09 bits per heavy atom. The fourth-order valence-electron chi connectivity index (χ4n) is 5.28. The molecule has 3 aromatic rings. The molecule has 32 heavy (non-hydrogen) atoms. The molecule has 1 aromatic carbocycles. The van der Waals surface area contributed by atoms with Crippen LogP contribution in [0.25, 0.3) is 10.9 Å². The molecule has 8 nitrogen and oxygen atoms in total. The molecule has 2 fully saturated rings. The number of anilines is 1. The Bertz CT molecular complexity index is 1170. The van der Waals surface area contributed by atoms with Gasteiger partial charge >= 0.3 is 0 Å². The summed E-state index contributed by atoms with van der Waals surface area (Å²) < 4.78 is 8.47. The number of nitrogens with zero attached hydrogens (tertiary/aromatic N) is 6. The van der Waals surface area contributed by atoms with Crippen LogP contribution in [-0.4, -0.2) is 64.6 Å². The zero-order chi connectivity index (χ0) is 21.7. The minimum atomic E-state index is 0.147. The zero-order valence-electron chi connectivity index (χ0n) is 18.2. The molecule has 0 bridgehead atoms. The third kappa shape index (κ3) is 3.43. The number of nitriles is 1. The van der Waals surface area contributed by atoms with Crippen molar-refractivity contribution in [3.8, 4) is 6.07 Å². The Hall–Kier alpha value is -2.99. The summed E-state index contributed by atoms with van der Waals surface area (Å²) in [6.07, 6.45) is 4.26. The first kappa shape index (κ1) is 19.7. The van der Waals surface area contributed by atoms with Crippen molar-refractivity contribution in [3.63, 3.8) is 0 Å². The summed E-state index contributed by atoms with van der Waals surface area (Å²) in [4.78, 5) is 9.33. The highest BCUT2D eigenvalue weighted by Gasteiger charge is 2.34. The number of benzene rings is 1. The molecule has 1 N–H and O–H groups in total. The number of rotatable bonds is 4. The number of likely N-dealkylation sites (tertiary alicyclic amines) is 1. The van der Waals surface area contributed by atoms with Crippen LogP contribution in [0.5, 0.6) is 0 Å². The molecule has 0 aliphatic carbocycles. The molecule has 2 saturated heterocycles. The Morgan fingerprint density at radius 1 is 1.19 bits per heavy atom. The zero-order valence-corrected chi connectivity index (χ0v) is 18.2. The predicted molar refractivity (Wildman–Crippen MR) is 121 cm³/mol. The molecule has 3 aliphatic heterocycles. The molecule has 3 aliphatic rings. The van der Waals surface area contributed by atoms with Crippen molar-refractivity contribution >= 4 is 16.6 Å². The van der Waals surface area contributed by atoms with Crippen molar-refractivity contribution in [2.24, 2.45) is 0 Å². The summed E-state index contributed by atoms with van der Waals surface area (Å²) in [5.41, 5.74) is 5.07. The van der Waals surface area contributed by atoms with Gasteiger partial charge in [0.25, 0.3) is 0 Å². The Morgan fingerprint density at radius 3 is 2.94 bits per heavy atom. The molecule has 5 heterocycles. The first-order chi connectivity index (χ1) is 15.7. The van der Waals surface area contributed by atoms with Crippen molar-refractivity contribution in [1.29, 1.82) is 5.26 Å². The van der Waals surface area contributed by atoms with Crippen LogP contribution >= 0.6 is 0 Å². The molecule has 2 aromatic heterocycles. The van der Waals surface area contributed by atoms with E-state index in [2.05, 4.69) is 56.1 Å². The van der Waals surface area contributed by atoms with Crippen LogP contribution in [-0.2, 0) is 17.8 Å². The predicted octanol–water partition coefficient (Wildman–Crippen LogP) is 2.06. The molecule has 164 valence electrons. The minimum absolute atomic E-state index is 0.147. The smallest absolute Gasteiger partial charge is 0.101 e. The summed E-state index contributed by atoms with van der Waals surface area (Å²) in [5.74, 6) is 0. The summed E-state index contributed by atoms with van der Waals surface area (Å²) in [7, 11) is 0. The van der Waals surface area contributed by atoms with E-state index >= 15 is 0 Å². The van der Waals surface area contributed by atoms with Crippen LogP contribution in [0.3, 0.4) is 0 Å². The molecule has 6 rings (SSSR count). The SMILES string of the molecule is C[C@@H]1CN(c2ccc(C#N)c3ncccc23)C[C@H](CN2CC(n3cc4c(n3)CNC4)C2)O1. The topological polar surface area (TPSA) is 82.2 Å². The molecule has 0 amide bonds. The second-order valence-electron chi connectivity index (χ2n) is 9.17. The average molecular weight is 430 g/mol. The van der Waals surface area contributed by atoms with Gasteiger partial charge in [0.1, 0.15) is 6.07 Å². The normalized spacial score (nSPS) is 23.8. The van der Waals surface area contributed by atoms with E-state index in [-0.39, 0.29) is 12.2 Å². The lowest BCUT2D eigenvalue weighted by Crippen LogP contribution is -2.56. The number of ether oxygens (including phenoxy) is 1. The monoisotopic (exact) mass is 429 g/mol. The number of aromatic nitrogens is 3. The molecule has 0 radical (unpaired) electrons. The molecule has 8 heteroatoms. The summed E-state index contributed by atoms with van der Waals surface area (Å²) in [6, 6.07) is 10.7. The van der Waals surface area contributed by atoms with E-state index in [4.69, 9.17) is 9.84 Å². The summed E-state index contributed by atoms with van der Waals surface area (Å²) in [6.45, 7) is 8.60. The minimum Gasteiger partial charge on any atom is -0.370 e. The Kier molecular flexibility index (Phi) is 4.83. The second kappa shape index (κ2) is 7.85. The number of hydrogen-bond acceptors (Lipinski definition) is 7. The standard InChI is InChI=1S/C24H27N7O/c1-16-10-30(23-5-4-17(7-25)24-21(23)3-2-6-27-24)15-20(32-16)14-29-12-19(13-29)31-11-18-8-26-9-22(18)28-31/h2-6,11,16,19-20,26H,8-10,12-15H2,1H3/t16-,20+/m1/s1. The fourth-order valence-corrected chi connectivity index (χ4v) is 5.28. The number of hydrogen-bond donors (Lipinski definition) is 1. The lowest BCUT2D eigenvalue weighted by Gasteiger charge is -2.44. The summed E-state index contributed by atoms with van der Waals surface area (Å²) in [5, 5.41) is 18.6. The van der Waals surface area contributed by atoms with E-state index in [1.165, 1.54) is 11.3 Å². The van der Waals surface area contributed by atoms with Crippen LogP contribution in [0, 0.1) is 11.3 Å². The molecular weight excluding hydrogens is 402 g/mol. The molecule has 2 atom stereocenters. The average Bonchev–Trinajstić information content (AvgIpc) is 3.37. The van der Waals surface area contributed by atoms with E-state index in [1.54, 1.807) is 6.20 Å². The van der Waals surface area contributed by atoms with Crippen LogP contribution in [0.4, 0.5) is 5.69 Å². The van der Waals surface area contributed by atoms with Crippen molar-refractivity contribution in [2.45, 2.75) is 38.3 Å². The van der Waals surface area contributed by atoms with Gasteiger partial charge in [-0.3, -0.25) is 14.6 Å². The van der Waals surface area contributed by atoms with Gasteiger partial charge in [0.05, 0.1) is 35.0 Å². The van der Waals surface area contributed by atoms with Crippen LogP contribution in [0.15, 0.2) is 36.7 Å². The van der Waals surface area contributed by atoms with Gasteiger partial charge in [-0.1, -0.05) is 0 Å². The van der Waals surface area contributed by atoms with Crippen LogP contribution in [0.2, 0.25) is 0 Å². The molecule has 0 spiro atoms. The number of nitrogens with one attached hydrogen (secondary N) is 1. The third-order valence-corrected chi connectivity index (χ3v) is 6.81. The van der Waals surface area contributed by atoms with Crippen molar-refractivity contribution < 1.29 is 4.74 Å².